The molecule has 0 radical (unpaired) electrons. The average Bonchev–Trinajstić information content (AvgIpc) is 3.80. The average molecular weight is 933 g/mol. The highest BCUT2D eigenvalue weighted by Gasteiger charge is 2.51. The van der Waals surface area contributed by atoms with Crippen molar-refractivity contribution in [2.45, 2.75) is 111 Å². The van der Waals surface area contributed by atoms with Crippen LogP contribution in [0, 0.1) is 36.5 Å². The summed E-state index contributed by atoms with van der Waals surface area (Å²) in [7, 11) is 1.47. The van der Waals surface area contributed by atoms with Gasteiger partial charge in [-0.1, -0.05) is 59.8 Å². The number of phenols is 2. The predicted octanol–water partition coefficient (Wildman–Crippen LogP) is 4.16. The molecular weight excluding hydrogens is 865 g/mol. The molecule has 2 fully saturated rings. The lowest BCUT2D eigenvalue weighted by molar-refractivity contribution is -0.114. The fourth-order valence-electron chi connectivity index (χ4n) is 10.0. The molecule has 6 heterocycles. The number of aromatic hydroxyl groups is 2. The number of methoxy groups -OCH3 is 1. The Kier molecular flexibility index (Phi) is 14.8. The maximum Gasteiger partial charge on any atom is 0.422 e. The van der Waals surface area contributed by atoms with Crippen LogP contribution in [-0.2, 0) is 23.7 Å². The van der Waals surface area contributed by atoms with Crippen LogP contribution < -0.4 is 26.2 Å². The van der Waals surface area contributed by atoms with E-state index in [9.17, 15) is 34.8 Å². The molecule has 2 aromatic rings. The number of Topliss-reactive ketones (excluding diaryl/α,β-unsaturated/α-hetero) is 1. The van der Waals surface area contributed by atoms with Crippen molar-refractivity contribution < 1.29 is 58.5 Å². The van der Waals surface area contributed by atoms with Crippen LogP contribution in [0.2, 0.25) is 0 Å². The molecule has 18 nitrogen and oxygen atoms in total. The lowest BCUT2D eigenvalue weighted by Crippen LogP contribution is -2.52. The monoisotopic (exact) mass is 932 g/mol. The van der Waals surface area contributed by atoms with Gasteiger partial charge >= 0.3 is 11.9 Å². The van der Waals surface area contributed by atoms with Gasteiger partial charge in [-0.15, -0.1) is 0 Å². The van der Waals surface area contributed by atoms with Gasteiger partial charge in [0.15, 0.2) is 5.75 Å². The number of allylic oxidation sites excluding steroid dienone is 2. The van der Waals surface area contributed by atoms with Crippen LogP contribution in [-0.4, -0.2) is 137 Å². The molecule has 67 heavy (non-hydrogen) atoms. The van der Waals surface area contributed by atoms with Gasteiger partial charge in [0.25, 0.3) is 11.7 Å². The standard InChI is InChI=1S/C49H68N6O12/c1-25(2)24-54-17-15-49(16-18-54)51-36-33-34-41(58)31(8)44-35(33)45(60)48(9,67-44)65-21-14-32(63-10)28(5)43(66-47(62)53-55-19-22-64-23-20-55)30(7)40(57)29(6)39(56)26(3)12-11-13-27(4)46(61)50-38(42(34)59)37(36)52-49/h11-14,21,25-26,28-30,32,39-40,43,51,56-59H,15-20,22-24H2,1-10H3,(H,53,62)/b12-11+,21-14+,27-13-,50-38?/t26-,28+,29+,30+,32-,39-,40+,43+,48-/m0/s1. The number of hydrazine groups is 1. The summed E-state index contributed by atoms with van der Waals surface area (Å²) >= 11 is 0. The molecule has 0 aliphatic carbocycles. The second-order valence-electron chi connectivity index (χ2n) is 19.5. The molecular formula is C49H68N6O12. The number of rotatable bonds is 5. The normalized spacial score (nSPS) is 32.4. The number of piperidine rings is 1. The molecule has 366 valence electrons. The Morgan fingerprint density at radius 1 is 0.955 bits per heavy atom. The van der Waals surface area contributed by atoms with Crippen molar-refractivity contribution in [2.75, 3.05) is 58.4 Å². The zero-order chi connectivity index (χ0) is 48.7. The summed E-state index contributed by atoms with van der Waals surface area (Å²) in [5.74, 6) is -6.31. The summed E-state index contributed by atoms with van der Waals surface area (Å²) in [5, 5.41) is 52.8. The molecule has 6 aliphatic rings. The van der Waals surface area contributed by atoms with E-state index in [1.807, 2.05) is 0 Å². The molecule has 0 unspecified atom stereocenters. The first-order valence-electron chi connectivity index (χ1n) is 23.4. The molecule has 8 rings (SSSR count). The molecule has 0 saturated carbocycles. The number of hydrogen-bond acceptors (Lipinski definition) is 16. The fourth-order valence-corrected chi connectivity index (χ4v) is 10.0. The van der Waals surface area contributed by atoms with Crippen molar-refractivity contribution in [2.24, 2.45) is 39.6 Å². The van der Waals surface area contributed by atoms with Crippen molar-refractivity contribution in [3.63, 3.8) is 0 Å². The maximum atomic E-state index is 14.9. The Labute approximate surface area is 391 Å². The van der Waals surface area contributed by atoms with E-state index in [1.165, 1.54) is 20.3 Å². The van der Waals surface area contributed by atoms with E-state index >= 15 is 0 Å². The third-order valence-electron chi connectivity index (χ3n) is 14.1. The minimum absolute atomic E-state index is 0.0444. The van der Waals surface area contributed by atoms with E-state index in [1.54, 1.807) is 70.9 Å². The molecule has 18 heteroatoms. The lowest BCUT2D eigenvalue weighted by Gasteiger charge is -2.38. The number of likely N-dealkylation sites (tertiary alicyclic amines) is 1. The third-order valence-corrected chi connectivity index (χ3v) is 14.1. The number of benzene rings is 2. The van der Waals surface area contributed by atoms with E-state index in [2.05, 4.69) is 34.5 Å². The number of morpholine rings is 1. The zero-order valence-electron chi connectivity index (χ0n) is 40.3. The number of carbonyl (C=O) groups excluding carboxylic acids is 3. The number of carbonyl (C=O) groups is 3. The first-order valence-corrected chi connectivity index (χ1v) is 23.4. The number of aliphatic hydroxyl groups excluding tert-OH is 2. The highest BCUT2D eigenvalue weighted by molar-refractivity contribution is 6.21. The topological polar surface area (TPSA) is 234 Å². The van der Waals surface area contributed by atoms with Crippen LogP contribution in [0.15, 0.2) is 46.1 Å². The summed E-state index contributed by atoms with van der Waals surface area (Å²) in [5.41, 5.74) is 2.61. The summed E-state index contributed by atoms with van der Waals surface area (Å²) in [4.78, 5) is 54.2. The highest BCUT2D eigenvalue weighted by atomic mass is 16.7. The Balaban J connectivity index is 1.35. The quantitative estimate of drug-likeness (QED) is 0.231. The molecule has 9 atom stereocenters. The van der Waals surface area contributed by atoms with Gasteiger partial charge in [-0.3, -0.25) is 20.0 Å². The Morgan fingerprint density at radius 2 is 1.64 bits per heavy atom. The molecule has 0 aromatic heterocycles. The summed E-state index contributed by atoms with van der Waals surface area (Å²) < 4.78 is 29.9. The minimum Gasteiger partial charge on any atom is -0.507 e. The van der Waals surface area contributed by atoms with Crippen LogP contribution in [0.5, 0.6) is 17.2 Å². The third kappa shape index (κ3) is 9.79. The van der Waals surface area contributed by atoms with Crippen LogP contribution in [0.25, 0.3) is 10.8 Å². The number of phenolic OH excluding ortho intramolecular Hbond substituents is 2. The Hall–Kier alpha value is -5.11. The van der Waals surface area contributed by atoms with Gasteiger partial charge in [0.1, 0.15) is 34.0 Å². The molecule has 1 spiro atoms. The first kappa shape index (κ1) is 49.8. The molecule has 2 saturated heterocycles. The second kappa shape index (κ2) is 19.9. The van der Waals surface area contributed by atoms with Crippen LogP contribution in [0.3, 0.4) is 0 Å². The lowest BCUT2D eigenvalue weighted by atomic mass is 9.78. The first-order chi connectivity index (χ1) is 31.7. The maximum absolute atomic E-state index is 14.9. The summed E-state index contributed by atoms with van der Waals surface area (Å²) in [6.45, 7) is 20.0. The van der Waals surface area contributed by atoms with Crippen molar-refractivity contribution in [1.82, 2.24) is 15.3 Å². The molecule has 5 bridgehead atoms. The number of aliphatic hydroxyl groups is 2. The van der Waals surface area contributed by atoms with Crippen LogP contribution >= 0.6 is 0 Å². The molecule has 6 aliphatic heterocycles. The van der Waals surface area contributed by atoms with Crippen LogP contribution in [0.1, 0.15) is 84.2 Å². The molecule has 2 amide bonds. The number of ketones is 1. The summed E-state index contributed by atoms with van der Waals surface area (Å²) in [6.07, 6.45) is 4.05. The number of nitrogens with zero attached hydrogens (tertiary/aromatic N) is 4. The van der Waals surface area contributed by atoms with Gasteiger partial charge in [0.2, 0.25) is 0 Å². The Bertz CT molecular complexity index is 2460. The predicted molar refractivity (Wildman–Crippen MR) is 248 cm³/mol. The van der Waals surface area contributed by atoms with Crippen molar-refractivity contribution in [3.05, 3.63) is 58.0 Å². The van der Waals surface area contributed by atoms with E-state index in [-0.39, 0.29) is 49.7 Å². The van der Waals surface area contributed by atoms with Crippen molar-refractivity contribution in [3.8, 4) is 17.2 Å². The van der Waals surface area contributed by atoms with Gasteiger partial charge in [-0.2, -0.15) is 0 Å². The van der Waals surface area contributed by atoms with E-state index in [4.69, 9.17) is 28.7 Å². The van der Waals surface area contributed by atoms with Gasteiger partial charge in [-0.25, -0.2) is 14.8 Å². The number of nitrogens with one attached hydrogen (secondary N) is 2. The van der Waals surface area contributed by atoms with Gasteiger partial charge in [0, 0.05) is 99.8 Å². The smallest absolute Gasteiger partial charge is 0.422 e. The molecule has 6 N–H and O–H groups in total. The number of anilines is 1. The highest BCUT2D eigenvalue weighted by Crippen LogP contribution is 2.51. The number of fused-ring (bicyclic) bond motifs is 13. The van der Waals surface area contributed by atoms with Crippen LogP contribution in [0.4, 0.5) is 10.5 Å². The van der Waals surface area contributed by atoms with Gasteiger partial charge < -0.3 is 54.3 Å². The number of amides is 2. The number of hydrogen-bond donors (Lipinski definition) is 6. The van der Waals surface area contributed by atoms with Gasteiger partial charge in [0.05, 0.1) is 54.4 Å². The molecule has 2 aromatic carbocycles. The summed E-state index contributed by atoms with van der Waals surface area (Å²) in [6, 6.07) is 0. The van der Waals surface area contributed by atoms with E-state index in [0.717, 1.165) is 6.54 Å². The zero-order valence-corrected chi connectivity index (χ0v) is 40.3. The van der Waals surface area contributed by atoms with Gasteiger partial charge in [-0.05, 0) is 25.8 Å². The largest absolute Gasteiger partial charge is 0.507 e. The van der Waals surface area contributed by atoms with Crippen molar-refractivity contribution >= 4 is 34.2 Å². The van der Waals surface area contributed by atoms with E-state index < -0.39 is 83.1 Å². The minimum atomic E-state index is -1.98. The Morgan fingerprint density at radius 3 is 2.30 bits per heavy atom. The second-order valence-corrected chi connectivity index (χ2v) is 19.5. The fraction of sp³-hybridized carbons (Fsp3) is 0.612. The van der Waals surface area contributed by atoms with Crippen molar-refractivity contribution in [1.29, 1.82) is 0 Å². The van der Waals surface area contributed by atoms with E-state index in [0.29, 0.717) is 63.8 Å². The number of ether oxygens (including phenoxy) is 5. The SMILES string of the molecule is CO[C@H]1/C=C/O[C@@]2(C)Oc3c(C)c(O)c4c(O)c(c5c(c4c3C2=O)NC2(CCN(CC(C)C)CC2)N=5)=NC(=O)/C(C)=C\C=C\[C@H](C)[C@H](O)[C@@H](C)[C@@H](O)[C@@H](C)[C@H](OC(=O)NN2CCOCC2)[C@@H]1C.